The highest BCUT2D eigenvalue weighted by atomic mass is 16.5. The number of carbonyl (C=O) groups excluding carboxylic acids is 2. The largest absolute Gasteiger partial charge is 0.507 e. The molecule has 3 aromatic carbocycles. The molecule has 51 heavy (non-hydrogen) atoms. The van der Waals surface area contributed by atoms with Crippen molar-refractivity contribution >= 4 is 34.4 Å². The molecule has 1 unspecified atom stereocenters. The summed E-state index contributed by atoms with van der Waals surface area (Å²) in [5.41, 5.74) is 11.8. The molecule has 0 bridgehead atoms. The number of fused-ring (bicyclic) bond motifs is 1. The first-order valence-electron chi connectivity index (χ1n) is 17.4. The van der Waals surface area contributed by atoms with E-state index >= 15 is 0 Å². The molecule has 4 N–H and O–H groups in total. The van der Waals surface area contributed by atoms with Crippen molar-refractivity contribution in [3.8, 4) is 22.8 Å². The Morgan fingerprint density at radius 2 is 1.73 bits per heavy atom. The zero-order valence-electron chi connectivity index (χ0n) is 28.6. The van der Waals surface area contributed by atoms with E-state index in [1.807, 2.05) is 48.5 Å². The summed E-state index contributed by atoms with van der Waals surface area (Å²) in [5.74, 6) is 0.634. The molecule has 4 heterocycles. The number of carbonyl (C=O) groups is 2. The summed E-state index contributed by atoms with van der Waals surface area (Å²) in [7, 11) is 1.73. The summed E-state index contributed by atoms with van der Waals surface area (Å²) in [6, 6.07) is 22.4. The average molecular weight is 691 g/mol. The number of amides is 2. The Morgan fingerprint density at radius 1 is 0.941 bits per heavy atom. The van der Waals surface area contributed by atoms with Gasteiger partial charge < -0.3 is 20.5 Å². The molecule has 7 rings (SSSR count). The van der Waals surface area contributed by atoms with Crippen LogP contribution < -0.4 is 26.4 Å². The number of imidazole rings is 1. The quantitative estimate of drug-likeness (QED) is 0.137. The number of para-hydroxylation sites is 2. The average Bonchev–Trinajstić information content (AvgIpc) is 3.39. The predicted octanol–water partition coefficient (Wildman–Crippen LogP) is 3.79. The van der Waals surface area contributed by atoms with Gasteiger partial charge in [-0.05, 0) is 73.2 Å². The van der Waals surface area contributed by atoms with E-state index in [0.717, 1.165) is 74.5 Å². The molecule has 264 valence electrons. The van der Waals surface area contributed by atoms with Gasteiger partial charge in [-0.2, -0.15) is 0 Å². The van der Waals surface area contributed by atoms with Crippen LogP contribution in [0.4, 0.5) is 11.5 Å². The van der Waals surface area contributed by atoms with Crippen LogP contribution >= 0.6 is 0 Å². The first kappa shape index (κ1) is 33.8. The maximum atomic E-state index is 13.2. The van der Waals surface area contributed by atoms with Crippen molar-refractivity contribution in [2.24, 2.45) is 7.05 Å². The Morgan fingerprint density at radius 3 is 2.49 bits per heavy atom. The summed E-state index contributed by atoms with van der Waals surface area (Å²) >= 11 is 0. The van der Waals surface area contributed by atoms with Gasteiger partial charge in [0.25, 0.3) is 0 Å². The molecular formula is C38H42N8O5. The third-order valence-corrected chi connectivity index (χ3v) is 9.84. The topological polar surface area (TPSA) is 161 Å². The van der Waals surface area contributed by atoms with Gasteiger partial charge in [-0.15, -0.1) is 10.2 Å². The zero-order chi connectivity index (χ0) is 35.5. The number of piperidine rings is 1. The Bertz CT molecular complexity index is 2120. The number of nitrogens with zero attached hydrogens (tertiary/aromatic N) is 6. The number of nitrogens with one attached hydrogen (secondary N) is 1. The third-order valence-electron chi connectivity index (χ3n) is 9.84. The molecule has 5 aromatic rings. The molecule has 0 spiro atoms. The molecule has 0 aliphatic carbocycles. The molecule has 13 nitrogen and oxygen atoms in total. The maximum absolute atomic E-state index is 13.2. The van der Waals surface area contributed by atoms with Gasteiger partial charge in [0.15, 0.2) is 5.82 Å². The number of hydrogen-bond donors (Lipinski definition) is 3. The molecule has 1 atom stereocenters. The van der Waals surface area contributed by atoms with Crippen molar-refractivity contribution in [2.75, 3.05) is 43.4 Å². The number of phenols is 1. The summed E-state index contributed by atoms with van der Waals surface area (Å²) in [5, 5.41) is 21.0. The molecule has 2 aromatic heterocycles. The third kappa shape index (κ3) is 7.15. The van der Waals surface area contributed by atoms with Gasteiger partial charge in [0, 0.05) is 51.8 Å². The van der Waals surface area contributed by atoms with Gasteiger partial charge in [-0.1, -0.05) is 36.4 Å². The standard InChI is InChI=1S/C38H42N8O5/c1-43-35-26(8-6-10-30(35)46(38(43)50)31-16-17-34(48)40-37(31)49)7-4-5-22-51-27-14-12-25(13-15-27)24-44-18-20-45(21-19-44)32-23-29(41-42-36(32)39)28-9-2-3-11-33(28)47/h2-3,6,8-15,23,31,47H,4-5,7,16-22,24H2,1H3,(H2,39,42)(H,40,48,49). The van der Waals surface area contributed by atoms with Gasteiger partial charge >= 0.3 is 5.69 Å². The van der Waals surface area contributed by atoms with Crippen molar-refractivity contribution in [3.05, 3.63) is 94.4 Å². The lowest BCUT2D eigenvalue weighted by Crippen LogP contribution is -2.46. The number of nitrogen functional groups attached to an aromatic ring is 1. The highest BCUT2D eigenvalue weighted by Gasteiger charge is 2.31. The molecule has 2 aliphatic heterocycles. The van der Waals surface area contributed by atoms with Crippen molar-refractivity contribution in [2.45, 2.75) is 44.7 Å². The second-order valence-corrected chi connectivity index (χ2v) is 13.2. The number of ether oxygens (including phenoxy) is 1. The van der Waals surface area contributed by atoms with Crippen LogP contribution in [-0.2, 0) is 29.6 Å². The van der Waals surface area contributed by atoms with Crippen LogP contribution in [0.15, 0.2) is 77.6 Å². The number of piperazine rings is 1. The lowest BCUT2D eigenvalue weighted by molar-refractivity contribution is -0.135. The van der Waals surface area contributed by atoms with E-state index in [0.29, 0.717) is 35.6 Å². The fourth-order valence-corrected chi connectivity index (χ4v) is 7.12. The number of benzene rings is 3. The summed E-state index contributed by atoms with van der Waals surface area (Å²) < 4.78 is 9.19. The summed E-state index contributed by atoms with van der Waals surface area (Å²) in [6.07, 6.45) is 3.01. The van der Waals surface area contributed by atoms with E-state index in [1.165, 1.54) is 10.1 Å². The number of hydrogen-bond acceptors (Lipinski definition) is 10. The molecule has 0 saturated carbocycles. The first-order valence-corrected chi connectivity index (χ1v) is 17.4. The zero-order valence-corrected chi connectivity index (χ0v) is 28.6. The Kier molecular flexibility index (Phi) is 9.71. The van der Waals surface area contributed by atoms with E-state index in [4.69, 9.17) is 10.5 Å². The van der Waals surface area contributed by atoms with Crippen LogP contribution in [0.1, 0.15) is 42.9 Å². The summed E-state index contributed by atoms with van der Waals surface area (Å²) in [4.78, 5) is 42.0. The fraction of sp³-hybridized carbons (Fsp3) is 0.342. The van der Waals surface area contributed by atoms with Crippen molar-refractivity contribution in [3.63, 3.8) is 0 Å². The molecule has 2 fully saturated rings. The van der Waals surface area contributed by atoms with Crippen molar-refractivity contribution in [1.29, 1.82) is 0 Å². The van der Waals surface area contributed by atoms with Crippen molar-refractivity contribution in [1.82, 2.24) is 29.5 Å². The smallest absolute Gasteiger partial charge is 0.329 e. The second-order valence-electron chi connectivity index (χ2n) is 13.2. The van der Waals surface area contributed by atoms with Crippen molar-refractivity contribution < 1.29 is 19.4 Å². The normalized spacial score (nSPS) is 16.8. The molecule has 2 saturated heterocycles. The lowest BCUT2D eigenvalue weighted by atomic mass is 10.0. The van der Waals surface area contributed by atoms with Gasteiger partial charge in [0.05, 0.1) is 29.0 Å². The molecular weight excluding hydrogens is 648 g/mol. The Balaban J connectivity index is 0.880. The van der Waals surface area contributed by atoms with Gasteiger partial charge in [0.2, 0.25) is 11.8 Å². The number of aromatic nitrogens is 4. The van der Waals surface area contributed by atoms with E-state index < -0.39 is 11.9 Å². The minimum atomic E-state index is -0.693. The minimum Gasteiger partial charge on any atom is -0.507 e. The van der Waals surface area contributed by atoms with Gasteiger partial charge in [-0.3, -0.25) is 28.9 Å². The number of rotatable bonds is 11. The highest BCUT2D eigenvalue weighted by Crippen LogP contribution is 2.32. The lowest BCUT2D eigenvalue weighted by Gasteiger charge is -2.36. The monoisotopic (exact) mass is 690 g/mol. The van der Waals surface area contributed by atoms with Gasteiger partial charge in [0.1, 0.15) is 17.5 Å². The first-order chi connectivity index (χ1) is 24.8. The molecule has 2 aliphatic rings. The molecule has 0 radical (unpaired) electrons. The Hall–Kier alpha value is -5.69. The van der Waals surface area contributed by atoms with Crippen LogP contribution in [0, 0.1) is 0 Å². The second kappa shape index (κ2) is 14.7. The Labute approximate surface area is 295 Å². The number of anilines is 2. The van der Waals surface area contributed by atoms with Crippen LogP contribution in [-0.4, -0.2) is 73.9 Å². The van der Waals surface area contributed by atoms with E-state index in [1.54, 1.807) is 23.7 Å². The molecule has 2 amide bonds. The SMILES string of the molecule is Cn1c(=O)n(C2CCC(=O)NC2=O)c2cccc(CCCCOc3ccc(CN4CCN(c5cc(-c6ccccc6O)nnc5N)CC4)cc3)c21. The van der Waals surface area contributed by atoms with E-state index in [-0.39, 0.29) is 23.8 Å². The number of aromatic hydroxyl groups is 1. The fourth-order valence-electron chi connectivity index (χ4n) is 7.12. The molecule has 13 heteroatoms. The highest BCUT2D eigenvalue weighted by molar-refractivity contribution is 6.00. The number of unbranched alkanes of at least 4 members (excludes halogenated alkanes) is 1. The van der Waals surface area contributed by atoms with Crippen LogP contribution in [0.25, 0.3) is 22.3 Å². The summed E-state index contributed by atoms with van der Waals surface area (Å²) in [6.45, 7) is 4.75. The number of imide groups is 1. The van der Waals surface area contributed by atoms with Gasteiger partial charge in [-0.25, -0.2) is 4.79 Å². The van der Waals surface area contributed by atoms with E-state index in [9.17, 15) is 19.5 Å². The minimum absolute atomic E-state index is 0.158. The predicted molar refractivity (Wildman–Crippen MR) is 195 cm³/mol. The number of nitrogens with two attached hydrogens (primary N) is 1. The van der Waals surface area contributed by atoms with Crippen LogP contribution in [0.3, 0.4) is 0 Å². The maximum Gasteiger partial charge on any atom is 0.329 e. The number of aryl methyl sites for hydroxylation is 2. The van der Waals surface area contributed by atoms with E-state index in [2.05, 4.69) is 37.4 Å². The number of phenolic OH excluding ortho intramolecular Hbond substituents is 1. The van der Waals surface area contributed by atoms with Crippen LogP contribution in [0.5, 0.6) is 11.5 Å². The van der Waals surface area contributed by atoms with Crippen LogP contribution in [0.2, 0.25) is 0 Å².